The van der Waals surface area contributed by atoms with E-state index in [9.17, 15) is 4.39 Å². The van der Waals surface area contributed by atoms with Gasteiger partial charge in [0.15, 0.2) is 17.4 Å². The first-order valence-electron chi connectivity index (χ1n) is 5.23. The quantitative estimate of drug-likeness (QED) is 0.766. The van der Waals surface area contributed by atoms with Gasteiger partial charge in [-0.15, -0.1) is 0 Å². The summed E-state index contributed by atoms with van der Waals surface area (Å²) < 4.78 is 28.8. The van der Waals surface area contributed by atoms with Crippen LogP contribution in [0.2, 0.25) is 0 Å². The van der Waals surface area contributed by atoms with Crippen molar-refractivity contribution < 1.29 is 18.6 Å². The lowest BCUT2D eigenvalue weighted by Crippen LogP contribution is -2.43. The zero-order valence-electron chi connectivity index (χ0n) is 10.3. The lowest BCUT2D eigenvalue weighted by Gasteiger charge is -2.29. The first-order valence-corrected chi connectivity index (χ1v) is 5.23. The zero-order chi connectivity index (χ0) is 12.9. The van der Waals surface area contributed by atoms with Crippen molar-refractivity contribution in [3.05, 3.63) is 29.6 Å². The third-order valence-corrected chi connectivity index (χ3v) is 2.74. The van der Waals surface area contributed by atoms with E-state index in [1.807, 2.05) is 0 Å². The minimum atomic E-state index is -0.916. The van der Waals surface area contributed by atoms with Crippen LogP contribution in [0.3, 0.4) is 0 Å². The van der Waals surface area contributed by atoms with Gasteiger partial charge in [-0.05, 0) is 17.7 Å². The van der Waals surface area contributed by atoms with Gasteiger partial charge < -0.3 is 19.9 Å². The maximum Gasteiger partial charge on any atom is 0.183 e. The Bertz CT molecular complexity index is 359. The molecule has 1 rings (SSSR count). The maximum absolute atomic E-state index is 13.5. The average molecular weight is 243 g/mol. The van der Waals surface area contributed by atoms with Crippen LogP contribution in [-0.4, -0.2) is 33.7 Å². The molecule has 5 heteroatoms. The highest BCUT2D eigenvalue weighted by atomic mass is 19.1. The van der Waals surface area contributed by atoms with E-state index in [0.717, 1.165) is 5.56 Å². The summed E-state index contributed by atoms with van der Waals surface area (Å²) in [6.07, 6.45) is 0.372. The minimum Gasteiger partial charge on any atom is -0.494 e. The number of halogens is 1. The monoisotopic (exact) mass is 243 g/mol. The van der Waals surface area contributed by atoms with Crippen LogP contribution in [0.25, 0.3) is 0 Å². The van der Waals surface area contributed by atoms with E-state index in [4.69, 9.17) is 19.9 Å². The maximum atomic E-state index is 13.5. The number of rotatable bonds is 6. The van der Waals surface area contributed by atoms with Crippen LogP contribution in [0.5, 0.6) is 5.75 Å². The van der Waals surface area contributed by atoms with Gasteiger partial charge in [-0.2, -0.15) is 0 Å². The van der Waals surface area contributed by atoms with Gasteiger partial charge in [0.2, 0.25) is 0 Å². The molecule has 0 saturated carbocycles. The normalized spacial score (nSPS) is 11.6. The molecule has 0 atom stereocenters. The van der Waals surface area contributed by atoms with Gasteiger partial charge in [-0.1, -0.05) is 6.07 Å². The second kappa shape index (κ2) is 5.95. The highest BCUT2D eigenvalue weighted by molar-refractivity contribution is 5.29. The number of hydrogen-bond acceptors (Lipinski definition) is 4. The first-order chi connectivity index (χ1) is 8.10. The van der Waals surface area contributed by atoms with E-state index >= 15 is 0 Å². The van der Waals surface area contributed by atoms with Crippen molar-refractivity contribution in [2.45, 2.75) is 12.2 Å². The molecule has 2 N–H and O–H groups in total. The van der Waals surface area contributed by atoms with Gasteiger partial charge in [-0.25, -0.2) is 4.39 Å². The fourth-order valence-corrected chi connectivity index (χ4v) is 1.60. The molecule has 0 heterocycles. The van der Waals surface area contributed by atoms with Crippen molar-refractivity contribution in [3.63, 3.8) is 0 Å². The molecule has 0 aliphatic heterocycles. The van der Waals surface area contributed by atoms with Gasteiger partial charge in [0.25, 0.3) is 0 Å². The van der Waals surface area contributed by atoms with E-state index in [1.165, 1.54) is 27.4 Å². The Labute approximate surface area is 100 Å². The van der Waals surface area contributed by atoms with E-state index < -0.39 is 11.6 Å². The summed E-state index contributed by atoms with van der Waals surface area (Å²) in [7, 11) is 4.44. The third kappa shape index (κ3) is 3.15. The van der Waals surface area contributed by atoms with Gasteiger partial charge >= 0.3 is 0 Å². The summed E-state index contributed by atoms with van der Waals surface area (Å²) in [5, 5.41) is 0. The number of nitrogens with two attached hydrogens (primary N) is 1. The molecule has 17 heavy (non-hydrogen) atoms. The van der Waals surface area contributed by atoms with Gasteiger partial charge in [0.1, 0.15) is 0 Å². The van der Waals surface area contributed by atoms with Crippen molar-refractivity contribution in [3.8, 4) is 5.75 Å². The van der Waals surface area contributed by atoms with Crippen molar-refractivity contribution in [1.29, 1.82) is 0 Å². The Balaban J connectivity index is 2.90. The predicted molar refractivity (Wildman–Crippen MR) is 62.5 cm³/mol. The molecule has 96 valence electrons. The lowest BCUT2D eigenvalue weighted by molar-refractivity contribution is -0.197. The Morgan fingerprint density at radius 2 is 1.88 bits per heavy atom. The summed E-state index contributed by atoms with van der Waals surface area (Å²) >= 11 is 0. The molecule has 0 amide bonds. The molecule has 0 saturated heterocycles. The largest absolute Gasteiger partial charge is 0.494 e. The van der Waals surface area contributed by atoms with E-state index in [-0.39, 0.29) is 12.3 Å². The summed E-state index contributed by atoms with van der Waals surface area (Å²) in [4.78, 5) is 0. The molecule has 0 bridgehead atoms. The van der Waals surface area contributed by atoms with Crippen LogP contribution in [-0.2, 0) is 15.9 Å². The van der Waals surface area contributed by atoms with E-state index in [0.29, 0.717) is 6.42 Å². The number of hydrogen-bond donors (Lipinski definition) is 1. The Morgan fingerprint density at radius 1 is 1.24 bits per heavy atom. The highest BCUT2D eigenvalue weighted by Gasteiger charge is 2.28. The zero-order valence-corrected chi connectivity index (χ0v) is 10.3. The predicted octanol–water partition coefficient (Wildman–Crippen LogP) is 1.32. The molecule has 0 aliphatic carbocycles. The molecule has 0 spiro atoms. The molecular weight excluding hydrogens is 225 g/mol. The van der Waals surface area contributed by atoms with Crippen molar-refractivity contribution in [2.24, 2.45) is 5.73 Å². The average Bonchev–Trinajstić information content (AvgIpc) is 2.36. The molecule has 0 aromatic heterocycles. The fraction of sp³-hybridized carbons (Fsp3) is 0.500. The summed E-state index contributed by atoms with van der Waals surface area (Å²) in [6.45, 7) is 0.188. The first kappa shape index (κ1) is 13.9. The van der Waals surface area contributed by atoms with Gasteiger partial charge in [-0.3, -0.25) is 0 Å². The molecule has 0 fully saturated rings. The van der Waals surface area contributed by atoms with Crippen molar-refractivity contribution in [1.82, 2.24) is 0 Å². The fourth-order valence-electron chi connectivity index (χ4n) is 1.60. The van der Waals surface area contributed by atoms with E-state index in [1.54, 1.807) is 12.1 Å². The van der Waals surface area contributed by atoms with Crippen LogP contribution in [0.4, 0.5) is 4.39 Å². The summed E-state index contributed by atoms with van der Waals surface area (Å²) in [5.41, 5.74) is 6.34. The second-order valence-corrected chi connectivity index (χ2v) is 3.67. The van der Waals surface area contributed by atoms with Crippen LogP contribution in [0, 0.1) is 5.82 Å². The third-order valence-electron chi connectivity index (χ3n) is 2.74. The summed E-state index contributed by atoms with van der Waals surface area (Å²) in [6, 6.07) is 4.71. The number of methoxy groups -OCH3 is 3. The Hall–Kier alpha value is -1.17. The number of ether oxygens (including phenoxy) is 3. The second-order valence-electron chi connectivity index (χ2n) is 3.67. The van der Waals surface area contributed by atoms with Crippen molar-refractivity contribution in [2.75, 3.05) is 27.9 Å². The standard InChI is InChI=1S/C12H18FNO3/c1-15-11-5-4-9(6-10(11)13)7-12(8-14,16-2)17-3/h4-6H,7-8,14H2,1-3H3. The topological polar surface area (TPSA) is 53.7 Å². The number of benzene rings is 1. The smallest absolute Gasteiger partial charge is 0.183 e. The molecule has 0 unspecified atom stereocenters. The SMILES string of the molecule is COc1ccc(CC(CN)(OC)OC)cc1F. The molecular formula is C12H18FNO3. The molecule has 1 aromatic carbocycles. The van der Waals surface area contributed by atoms with Crippen LogP contribution in [0.15, 0.2) is 18.2 Å². The Morgan fingerprint density at radius 3 is 2.29 bits per heavy atom. The van der Waals surface area contributed by atoms with Gasteiger partial charge in [0.05, 0.1) is 7.11 Å². The Kier molecular flexibility index (Phi) is 4.86. The molecule has 4 nitrogen and oxygen atoms in total. The molecule has 0 radical (unpaired) electrons. The molecule has 1 aromatic rings. The highest BCUT2D eigenvalue weighted by Crippen LogP contribution is 2.22. The minimum absolute atomic E-state index is 0.188. The lowest BCUT2D eigenvalue weighted by atomic mass is 10.0. The van der Waals surface area contributed by atoms with Crippen LogP contribution < -0.4 is 10.5 Å². The van der Waals surface area contributed by atoms with Crippen LogP contribution >= 0.6 is 0 Å². The van der Waals surface area contributed by atoms with Crippen LogP contribution in [0.1, 0.15) is 5.56 Å². The van der Waals surface area contributed by atoms with Gasteiger partial charge in [0, 0.05) is 27.2 Å². The molecule has 0 aliphatic rings. The van der Waals surface area contributed by atoms with E-state index in [2.05, 4.69) is 0 Å². The summed E-state index contributed by atoms with van der Waals surface area (Å²) in [5.74, 6) is -1.12. The van der Waals surface area contributed by atoms with Crippen molar-refractivity contribution >= 4 is 0 Å².